The van der Waals surface area contributed by atoms with Crippen LogP contribution in [0.15, 0.2) is 47.4 Å². The summed E-state index contributed by atoms with van der Waals surface area (Å²) in [6.07, 6.45) is 0.646. The molecule has 2 aromatic carbocycles. The van der Waals surface area contributed by atoms with Crippen molar-refractivity contribution in [1.29, 1.82) is 0 Å². The molecule has 0 atom stereocenters. The van der Waals surface area contributed by atoms with Crippen molar-refractivity contribution in [1.82, 2.24) is 10.3 Å². The Bertz CT molecular complexity index is 1200. The number of aromatic nitrogens is 1. The van der Waals surface area contributed by atoms with Crippen LogP contribution in [0.3, 0.4) is 0 Å². The number of ether oxygens (including phenoxy) is 1. The van der Waals surface area contributed by atoms with E-state index in [1.165, 1.54) is 0 Å². The lowest BCUT2D eigenvalue weighted by Gasteiger charge is -2.08. The molecule has 7 nitrogen and oxygen atoms in total. The van der Waals surface area contributed by atoms with Crippen LogP contribution < -0.4 is 14.8 Å². The van der Waals surface area contributed by atoms with Crippen LogP contribution >= 0.6 is 11.3 Å². The van der Waals surface area contributed by atoms with Crippen molar-refractivity contribution in [3.63, 3.8) is 0 Å². The van der Waals surface area contributed by atoms with E-state index >= 15 is 0 Å². The van der Waals surface area contributed by atoms with Crippen molar-refractivity contribution < 1.29 is 17.9 Å². The first kappa shape index (κ1) is 22.8. The predicted octanol–water partition coefficient (Wildman–Crippen LogP) is 3.85. The summed E-state index contributed by atoms with van der Waals surface area (Å²) in [5.41, 5.74) is 3.15. The molecule has 0 aliphatic heterocycles. The quantitative estimate of drug-likeness (QED) is 0.533. The van der Waals surface area contributed by atoms with Gasteiger partial charge < -0.3 is 10.1 Å². The van der Waals surface area contributed by atoms with Crippen LogP contribution in [0.4, 0.5) is 5.13 Å². The van der Waals surface area contributed by atoms with Gasteiger partial charge in [0.1, 0.15) is 10.6 Å². The smallest absolute Gasteiger partial charge is 0.263 e. The maximum Gasteiger partial charge on any atom is 0.263 e. The highest BCUT2D eigenvalue weighted by molar-refractivity contribution is 7.93. The average Bonchev–Trinajstić information content (AvgIpc) is 3.07. The molecule has 3 rings (SSSR count). The molecule has 0 fully saturated rings. The van der Waals surface area contributed by atoms with E-state index < -0.39 is 10.0 Å². The van der Waals surface area contributed by atoms with Crippen LogP contribution in [-0.4, -0.2) is 33.0 Å². The number of aryl methyl sites for hydroxylation is 3. The molecule has 0 saturated heterocycles. The largest absolute Gasteiger partial charge is 0.497 e. The summed E-state index contributed by atoms with van der Waals surface area (Å²) in [7, 11) is -2.18. The van der Waals surface area contributed by atoms with Crippen LogP contribution in [0.5, 0.6) is 5.75 Å². The van der Waals surface area contributed by atoms with Gasteiger partial charge in [0.15, 0.2) is 5.13 Å². The summed E-state index contributed by atoms with van der Waals surface area (Å²) in [6.45, 7) is 5.77. The molecule has 164 valence electrons. The summed E-state index contributed by atoms with van der Waals surface area (Å²) >= 11 is 1.02. The minimum Gasteiger partial charge on any atom is -0.497 e. The molecule has 0 saturated carbocycles. The molecule has 0 bridgehead atoms. The third-order valence-corrected chi connectivity index (χ3v) is 7.38. The predicted molar refractivity (Wildman–Crippen MR) is 123 cm³/mol. The van der Waals surface area contributed by atoms with Gasteiger partial charge in [0.25, 0.3) is 15.9 Å². The molecule has 0 radical (unpaired) electrons. The number of nitrogens with zero attached hydrogens (tertiary/aromatic N) is 1. The molecule has 31 heavy (non-hydrogen) atoms. The zero-order valence-electron chi connectivity index (χ0n) is 17.9. The maximum absolute atomic E-state index is 12.8. The fourth-order valence-electron chi connectivity index (χ4n) is 3.15. The molecule has 3 aromatic rings. The molecular weight excluding hydrogens is 434 g/mol. The summed E-state index contributed by atoms with van der Waals surface area (Å²) in [5.74, 6) is 0.484. The van der Waals surface area contributed by atoms with Crippen LogP contribution in [0.25, 0.3) is 0 Å². The summed E-state index contributed by atoms with van der Waals surface area (Å²) in [5, 5.41) is 3.02. The minimum atomic E-state index is -3.80. The van der Waals surface area contributed by atoms with Gasteiger partial charge in [-0.15, -0.1) is 0 Å². The lowest BCUT2D eigenvalue weighted by molar-refractivity contribution is 0.0957. The lowest BCUT2D eigenvalue weighted by Crippen LogP contribution is -2.25. The highest BCUT2D eigenvalue weighted by Crippen LogP contribution is 2.26. The molecule has 0 aliphatic carbocycles. The Hall–Kier alpha value is -2.91. The van der Waals surface area contributed by atoms with E-state index in [1.807, 2.05) is 37.3 Å². The first-order chi connectivity index (χ1) is 14.7. The number of hydrogen-bond donors (Lipinski definition) is 2. The molecule has 2 N–H and O–H groups in total. The summed E-state index contributed by atoms with van der Waals surface area (Å²) in [4.78, 5) is 17.4. The number of hydrogen-bond acceptors (Lipinski definition) is 6. The monoisotopic (exact) mass is 459 g/mol. The van der Waals surface area contributed by atoms with Crippen LogP contribution in [0, 0.1) is 20.8 Å². The molecule has 1 amide bonds. The second-order valence-corrected chi connectivity index (χ2v) is 9.82. The minimum absolute atomic E-state index is 0.162. The molecule has 9 heteroatoms. The second-order valence-electron chi connectivity index (χ2n) is 7.17. The Kier molecular flexibility index (Phi) is 6.97. The molecule has 0 spiro atoms. The zero-order chi connectivity index (χ0) is 22.6. The number of carbonyl (C=O) groups excluding carboxylic acids is 1. The van der Waals surface area contributed by atoms with Crippen molar-refractivity contribution in [3.05, 3.63) is 69.7 Å². The van der Waals surface area contributed by atoms with E-state index in [4.69, 9.17) is 4.74 Å². The van der Waals surface area contributed by atoms with Crippen molar-refractivity contribution in [2.75, 3.05) is 18.4 Å². The van der Waals surface area contributed by atoms with Gasteiger partial charge in [0, 0.05) is 6.54 Å². The Morgan fingerprint density at radius 2 is 1.90 bits per heavy atom. The normalized spacial score (nSPS) is 11.2. The fourth-order valence-corrected chi connectivity index (χ4v) is 5.50. The number of anilines is 1. The van der Waals surface area contributed by atoms with E-state index in [0.717, 1.165) is 28.2 Å². The third-order valence-electron chi connectivity index (χ3n) is 4.68. The maximum atomic E-state index is 12.8. The number of rotatable bonds is 8. The summed E-state index contributed by atoms with van der Waals surface area (Å²) < 4.78 is 33.2. The third kappa shape index (κ3) is 5.62. The highest BCUT2D eigenvalue weighted by atomic mass is 32.2. The van der Waals surface area contributed by atoms with Crippen molar-refractivity contribution in [2.45, 2.75) is 32.1 Å². The van der Waals surface area contributed by atoms with Crippen molar-refractivity contribution in [2.24, 2.45) is 0 Å². The van der Waals surface area contributed by atoms with E-state index in [-0.39, 0.29) is 15.9 Å². The van der Waals surface area contributed by atoms with Crippen LogP contribution in [0.1, 0.15) is 32.1 Å². The van der Waals surface area contributed by atoms with E-state index in [1.54, 1.807) is 33.1 Å². The van der Waals surface area contributed by atoms with Gasteiger partial charge >= 0.3 is 0 Å². The molecule has 0 unspecified atom stereocenters. The molecule has 1 heterocycles. The second kappa shape index (κ2) is 9.49. The number of methoxy groups -OCH3 is 1. The van der Waals surface area contributed by atoms with Crippen molar-refractivity contribution in [3.8, 4) is 5.75 Å². The van der Waals surface area contributed by atoms with Gasteiger partial charge in [-0.1, -0.05) is 41.2 Å². The standard InChI is InChI=1S/C22H25N3O4S2/c1-14-8-9-19(15(2)12-14)31(27,28)25-22-24-16(3)20(30-22)21(26)23-11-10-17-6-5-7-18(13-17)29-4/h5-9,12-13H,10-11H2,1-4H3,(H,23,26)(H,24,25). The number of nitrogens with one attached hydrogen (secondary N) is 2. The van der Waals surface area contributed by atoms with Gasteiger partial charge in [0.05, 0.1) is 17.7 Å². The van der Waals surface area contributed by atoms with Gasteiger partial charge in [-0.25, -0.2) is 13.4 Å². The van der Waals surface area contributed by atoms with E-state index in [9.17, 15) is 13.2 Å². The van der Waals surface area contributed by atoms with Gasteiger partial charge in [-0.3, -0.25) is 9.52 Å². The Morgan fingerprint density at radius 3 is 2.61 bits per heavy atom. The first-order valence-corrected chi connectivity index (χ1v) is 12.0. The van der Waals surface area contributed by atoms with Crippen LogP contribution in [0.2, 0.25) is 0 Å². The number of carbonyl (C=O) groups is 1. The summed E-state index contributed by atoms with van der Waals surface area (Å²) in [6, 6.07) is 12.8. The van der Waals surface area contributed by atoms with E-state index in [0.29, 0.717) is 29.1 Å². The number of benzene rings is 2. The van der Waals surface area contributed by atoms with Gasteiger partial charge in [0.2, 0.25) is 0 Å². The average molecular weight is 460 g/mol. The topological polar surface area (TPSA) is 97.4 Å². The van der Waals surface area contributed by atoms with Crippen LogP contribution in [-0.2, 0) is 16.4 Å². The number of thiazole rings is 1. The molecule has 1 aromatic heterocycles. The zero-order valence-corrected chi connectivity index (χ0v) is 19.5. The Labute approximate surface area is 186 Å². The van der Waals surface area contributed by atoms with Gasteiger partial charge in [-0.05, 0) is 56.5 Å². The van der Waals surface area contributed by atoms with Gasteiger partial charge in [-0.2, -0.15) is 0 Å². The number of sulfonamides is 1. The first-order valence-electron chi connectivity index (χ1n) is 9.68. The number of amides is 1. The van der Waals surface area contributed by atoms with Crippen molar-refractivity contribution >= 4 is 32.4 Å². The molecular formula is C22H25N3O4S2. The Balaban J connectivity index is 1.66. The molecule has 0 aliphatic rings. The Morgan fingerprint density at radius 1 is 1.13 bits per heavy atom. The highest BCUT2D eigenvalue weighted by Gasteiger charge is 2.21. The lowest BCUT2D eigenvalue weighted by atomic mass is 10.1. The van der Waals surface area contributed by atoms with E-state index in [2.05, 4.69) is 15.0 Å². The fraction of sp³-hybridized carbons (Fsp3) is 0.273. The SMILES string of the molecule is COc1cccc(CCNC(=O)c2sc(NS(=O)(=O)c3ccc(C)cc3C)nc2C)c1.